The summed E-state index contributed by atoms with van der Waals surface area (Å²) in [5, 5.41) is 8.09. The van der Waals surface area contributed by atoms with Gasteiger partial charge in [0.2, 0.25) is 0 Å². The SMILES string of the molecule is CN1CCNCC1c1noc(-c2cc(Cl)cn2C)n1.Cl. The lowest BCUT2D eigenvalue weighted by molar-refractivity contribution is 0.190. The van der Waals surface area contributed by atoms with Crippen LogP contribution in [-0.2, 0) is 7.05 Å². The molecule has 0 aromatic carbocycles. The highest BCUT2D eigenvalue weighted by atomic mass is 35.5. The molecule has 1 aliphatic heterocycles. The first-order valence-electron chi connectivity index (χ1n) is 6.22. The van der Waals surface area contributed by atoms with E-state index in [9.17, 15) is 0 Å². The maximum Gasteiger partial charge on any atom is 0.274 e. The zero-order valence-corrected chi connectivity index (χ0v) is 12.9. The molecule has 0 radical (unpaired) electrons. The van der Waals surface area contributed by atoms with E-state index >= 15 is 0 Å². The second kappa shape index (κ2) is 6.13. The van der Waals surface area contributed by atoms with Crippen molar-refractivity contribution < 1.29 is 4.52 Å². The molecule has 1 aliphatic rings. The zero-order chi connectivity index (χ0) is 13.4. The molecule has 6 nitrogen and oxygen atoms in total. The number of halogens is 2. The van der Waals surface area contributed by atoms with Gasteiger partial charge in [0.25, 0.3) is 5.89 Å². The molecule has 8 heteroatoms. The highest BCUT2D eigenvalue weighted by molar-refractivity contribution is 6.30. The fraction of sp³-hybridized carbons (Fsp3) is 0.500. The number of nitrogens with zero attached hydrogens (tertiary/aromatic N) is 4. The third-order valence-corrected chi connectivity index (χ3v) is 3.65. The molecule has 20 heavy (non-hydrogen) atoms. The summed E-state index contributed by atoms with van der Waals surface area (Å²) in [5.41, 5.74) is 0.829. The van der Waals surface area contributed by atoms with Crippen molar-refractivity contribution in [1.82, 2.24) is 24.9 Å². The molecular weight excluding hydrogens is 301 g/mol. The topological polar surface area (TPSA) is 59.1 Å². The molecule has 1 N–H and O–H groups in total. The largest absolute Gasteiger partial charge is 0.345 e. The lowest BCUT2D eigenvalue weighted by Gasteiger charge is -2.30. The lowest BCUT2D eigenvalue weighted by atomic mass is 10.2. The van der Waals surface area contributed by atoms with Gasteiger partial charge >= 0.3 is 0 Å². The van der Waals surface area contributed by atoms with Crippen LogP contribution in [0, 0.1) is 0 Å². The maximum absolute atomic E-state index is 5.97. The summed E-state index contributed by atoms with van der Waals surface area (Å²) in [6, 6.07) is 1.98. The Balaban J connectivity index is 0.00000147. The van der Waals surface area contributed by atoms with Crippen molar-refractivity contribution >= 4 is 24.0 Å². The van der Waals surface area contributed by atoms with E-state index in [1.807, 2.05) is 23.9 Å². The Bertz CT molecular complexity index is 582. The number of rotatable bonds is 2. The second-order valence-electron chi connectivity index (χ2n) is 4.81. The summed E-state index contributed by atoms with van der Waals surface area (Å²) >= 11 is 5.97. The molecule has 3 rings (SSSR count). The molecule has 0 saturated carbocycles. The number of hydrogen-bond donors (Lipinski definition) is 1. The van der Waals surface area contributed by atoms with Crippen LogP contribution in [0.2, 0.25) is 5.02 Å². The fourth-order valence-electron chi connectivity index (χ4n) is 2.31. The number of hydrogen-bond acceptors (Lipinski definition) is 5. The van der Waals surface area contributed by atoms with Gasteiger partial charge in [0, 0.05) is 32.9 Å². The summed E-state index contributed by atoms with van der Waals surface area (Å²) < 4.78 is 7.23. The highest BCUT2D eigenvalue weighted by Gasteiger charge is 2.26. The van der Waals surface area contributed by atoms with E-state index in [4.69, 9.17) is 16.1 Å². The second-order valence-corrected chi connectivity index (χ2v) is 5.25. The van der Waals surface area contributed by atoms with Gasteiger partial charge in [-0.2, -0.15) is 4.98 Å². The van der Waals surface area contributed by atoms with Gasteiger partial charge in [0.05, 0.1) is 11.1 Å². The van der Waals surface area contributed by atoms with Crippen LogP contribution in [0.5, 0.6) is 0 Å². The average Bonchev–Trinajstić information content (AvgIpc) is 2.96. The van der Waals surface area contributed by atoms with Crippen molar-refractivity contribution in [3.8, 4) is 11.6 Å². The third-order valence-electron chi connectivity index (χ3n) is 3.44. The van der Waals surface area contributed by atoms with Crippen LogP contribution in [0.15, 0.2) is 16.8 Å². The Labute approximate surface area is 128 Å². The van der Waals surface area contributed by atoms with Crippen molar-refractivity contribution in [2.75, 3.05) is 26.7 Å². The van der Waals surface area contributed by atoms with Crippen LogP contribution < -0.4 is 5.32 Å². The third kappa shape index (κ3) is 2.83. The monoisotopic (exact) mass is 317 g/mol. The first kappa shape index (κ1) is 15.3. The molecule has 3 heterocycles. The fourth-order valence-corrected chi connectivity index (χ4v) is 2.56. The predicted octanol–water partition coefficient (Wildman–Crippen LogP) is 1.73. The van der Waals surface area contributed by atoms with E-state index < -0.39 is 0 Å². The smallest absolute Gasteiger partial charge is 0.274 e. The molecule has 2 aromatic heterocycles. The van der Waals surface area contributed by atoms with E-state index in [0.717, 1.165) is 25.3 Å². The molecule has 110 valence electrons. The Morgan fingerprint density at radius 1 is 1.45 bits per heavy atom. The van der Waals surface area contributed by atoms with E-state index in [1.165, 1.54) is 0 Å². The number of likely N-dealkylation sites (N-methyl/N-ethyl adjacent to an activating group) is 1. The Hall–Kier alpha value is -1.08. The molecule has 1 unspecified atom stereocenters. The molecule has 1 fully saturated rings. The Morgan fingerprint density at radius 2 is 2.25 bits per heavy atom. The molecule has 0 bridgehead atoms. The van der Waals surface area contributed by atoms with Crippen LogP contribution in [0.4, 0.5) is 0 Å². The molecule has 1 atom stereocenters. The molecular formula is C12H17Cl2N5O. The molecule has 1 saturated heterocycles. The van der Waals surface area contributed by atoms with Gasteiger partial charge in [-0.05, 0) is 13.1 Å². The summed E-state index contributed by atoms with van der Waals surface area (Å²) in [4.78, 5) is 6.72. The molecule has 0 aliphatic carbocycles. The minimum absolute atomic E-state index is 0. The standard InChI is InChI=1S/C12H16ClN5O.ClH/c1-17-4-3-14-6-10(17)11-15-12(19-16-11)9-5-8(13)7-18(9)2;/h5,7,10,14H,3-4,6H2,1-2H3;1H. The van der Waals surface area contributed by atoms with Crippen molar-refractivity contribution in [2.24, 2.45) is 7.05 Å². The number of aryl methyl sites for hydroxylation is 1. The number of piperazine rings is 1. The van der Waals surface area contributed by atoms with E-state index in [2.05, 4.69) is 27.4 Å². The van der Waals surface area contributed by atoms with Crippen molar-refractivity contribution in [3.63, 3.8) is 0 Å². The van der Waals surface area contributed by atoms with Gasteiger partial charge in [-0.1, -0.05) is 16.8 Å². The molecule has 2 aromatic rings. The normalized spacial score (nSPS) is 19.9. The van der Waals surface area contributed by atoms with Crippen molar-refractivity contribution in [2.45, 2.75) is 6.04 Å². The predicted molar refractivity (Wildman–Crippen MR) is 79.2 cm³/mol. The van der Waals surface area contributed by atoms with Gasteiger partial charge in [0.15, 0.2) is 5.82 Å². The van der Waals surface area contributed by atoms with E-state index in [0.29, 0.717) is 16.7 Å². The first-order chi connectivity index (χ1) is 9.15. The average molecular weight is 318 g/mol. The van der Waals surface area contributed by atoms with Crippen LogP contribution in [-0.4, -0.2) is 46.3 Å². The lowest BCUT2D eigenvalue weighted by Crippen LogP contribution is -2.44. The highest BCUT2D eigenvalue weighted by Crippen LogP contribution is 2.25. The summed E-state index contributed by atoms with van der Waals surface area (Å²) in [6.07, 6.45) is 1.81. The van der Waals surface area contributed by atoms with Crippen molar-refractivity contribution in [3.05, 3.63) is 23.1 Å². The van der Waals surface area contributed by atoms with Crippen LogP contribution in [0.25, 0.3) is 11.6 Å². The maximum atomic E-state index is 5.97. The quantitative estimate of drug-likeness (QED) is 0.914. The van der Waals surface area contributed by atoms with Crippen LogP contribution >= 0.6 is 24.0 Å². The van der Waals surface area contributed by atoms with Crippen LogP contribution in [0.1, 0.15) is 11.9 Å². The zero-order valence-electron chi connectivity index (χ0n) is 11.3. The minimum Gasteiger partial charge on any atom is -0.345 e. The van der Waals surface area contributed by atoms with Gasteiger partial charge in [-0.15, -0.1) is 12.4 Å². The number of nitrogens with one attached hydrogen (secondary N) is 1. The van der Waals surface area contributed by atoms with Crippen molar-refractivity contribution in [1.29, 1.82) is 0 Å². The van der Waals surface area contributed by atoms with Gasteiger partial charge in [-0.25, -0.2) is 0 Å². The van der Waals surface area contributed by atoms with Crippen LogP contribution in [0.3, 0.4) is 0 Å². The van der Waals surface area contributed by atoms with Gasteiger partial charge in [0.1, 0.15) is 5.69 Å². The minimum atomic E-state index is 0. The van der Waals surface area contributed by atoms with Gasteiger partial charge < -0.3 is 14.4 Å². The Kier molecular flexibility index (Phi) is 4.70. The summed E-state index contributed by atoms with van der Waals surface area (Å²) in [7, 11) is 3.97. The number of aromatic nitrogens is 3. The Morgan fingerprint density at radius 3 is 2.90 bits per heavy atom. The summed E-state index contributed by atoms with van der Waals surface area (Å²) in [6.45, 7) is 2.80. The van der Waals surface area contributed by atoms with Gasteiger partial charge in [-0.3, -0.25) is 4.90 Å². The van der Waals surface area contributed by atoms with E-state index in [-0.39, 0.29) is 18.4 Å². The molecule has 0 spiro atoms. The molecule has 0 amide bonds. The first-order valence-corrected chi connectivity index (χ1v) is 6.60. The summed E-state index contributed by atoms with van der Waals surface area (Å²) in [5.74, 6) is 1.21. The van der Waals surface area contributed by atoms with E-state index in [1.54, 1.807) is 0 Å².